The molecule has 0 spiro atoms. The van der Waals surface area contributed by atoms with E-state index in [1.165, 1.54) is 5.56 Å². The highest BCUT2D eigenvalue weighted by atomic mass is 32.2. The Balaban J connectivity index is 1.55. The van der Waals surface area contributed by atoms with Crippen LogP contribution in [0, 0.1) is 6.92 Å². The molecule has 1 aliphatic rings. The summed E-state index contributed by atoms with van der Waals surface area (Å²) < 4.78 is 27.9. The van der Waals surface area contributed by atoms with E-state index in [4.69, 9.17) is 0 Å². The van der Waals surface area contributed by atoms with Crippen LogP contribution in [-0.2, 0) is 16.6 Å². The van der Waals surface area contributed by atoms with Gasteiger partial charge in [0, 0.05) is 44.3 Å². The lowest BCUT2D eigenvalue weighted by atomic mass is 10.2. The summed E-state index contributed by atoms with van der Waals surface area (Å²) in [4.78, 5) is 7.00. The van der Waals surface area contributed by atoms with Gasteiger partial charge in [0.2, 0.25) is 10.0 Å². The van der Waals surface area contributed by atoms with Gasteiger partial charge < -0.3 is 0 Å². The van der Waals surface area contributed by atoms with Crippen molar-refractivity contribution in [3.8, 4) is 0 Å². The monoisotopic (exact) mass is 387 g/mol. The van der Waals surface area contributed by atoms with E-state index in [1.807, 2.05) is 19.1 Å². The van der Waals surface area contributed by atoms with Gasteiger partial charge in [-0.05, 0) is 47.0 Å². The number of hydrogen-bond donors (Lipinski definition) is 0. The zero-order valence-corrected chi connectivity index (χ0v) is 16.3. The average Bonchev–Trinajstić information content (AvgIpc) is 3.14. The van der Waals surface area contributed by atoms with Crippen molar-refractivity contribution in [1.29, 1.82) is 0 Å². The zero-order chi connectivity index (χ0) is 18.1. The van der Waals surface area contributed by atoms with Crippen LogP contribution in [0.15, 0.2) is 52.2 Å². The summed E-state index contributed by atoms with van der Waals surface area (Å²) in [5.74, 6) is 0. The highest BCUT2D eigenvalue weighted by Crippen LogP contribution is 2.25. The molecule has 1 aromatic carbocycles. The lowest BCUT2D eigenvalue weighted by Gasteiger charge is -2.33. The van der Waals surface area contributed by atoms with Crippen LogP contribution in [0.1, 0.15) is 11.1 Å². The Morgan fingerprint density at radius 1 is 1.15 bits per heavy atom. The molecule has 2 aromatic heterocycles. The first-order valence-electron chi connectivity index (χ1n) is 8.63. The largest absolute Gasteiger partial charge is 0.296 e. The molecular weight excluding hydrogens is 366 g/mol. The maximum atomic E-state index is 13.2. The van der Waals surface area contributed by atoms with Crippen LogP contribution in [0.5, 0.6) is 0 Å². The topological polar surface area (TPSA) is 53.5 Å². The van der Waals surface area contributed by atoms with E-state index < -0.39 is 10.0 Å². The Labute approximate surface area is 157 Å². The highest BCUT2D eigenvalue weighted by molar-refractivity contribution is 7.89. The quantitative estimate of drug-likeness (QED) is 0.690. The molecule has 1 aliphatic heterocycles. The number of aromatic nitrogens is 1. The molecule has 26 heavy (non-hydrogen) atoms. The standard InChI is InChI=1S/C19H21N3O2S2/c1-15-11-17-3-2-4-18(19(17)20-12-15)26(23,24)22-8-6-21(7-9-22)13-16-5-10-25-14-16/h2-5,10-12,14H,6-9,13H2,1H3. The molecule has 5 nitrogen and oxygen atoms in total. The van der Waals surface area contributed by atoms with E-state index in [-0.39, 0.29) is 0 Å². The third-order valence-corrected chi connectivity index (χ3v) is 7.41. The summed E-state index contributed by atoms with van der Waals surface area (Å²) in [6, 6.07) is 9.46. The molecule has 0 saturated carbocycles. The van der Waals surface area contributed by atoms with Crippen LogP contribution >= 0.6 is 11.3 Å². The molecule has 3 heterocycles. The number of fused-ring (bicyclic) bond motifs is 1. The van der Waals surface area contributed by atoms with Gasteiger partial charge >= 0.3 is 0 Å². The number of benzene rings is 1. The highest BCUT2D eigenvalue weighted by Gasteiger charge is 2.30. The fourth-order valence-corrected chi connectivity index (χ4v) is 5.61. The number of piperazine rings is 1. The van der Waals surface area contributed by atoms with E-state index in [0.29, 0.717) is 23.5 Å². The molecule has 0 radical (unpaired) electrons. The minimum absolute atomic E-state index is 0.307. The Hall–Kier alpha value is -1.80. The number of rotatable bonds is 4. The summed E-state index contributed by atoms with van der Waals surface area (Å²) in [6.45, 7) is 5.34. The van der Waals surface area contributed by atoms with Gasteiger partial charge in [-0.15, -0.1) is 0 Å². The van der Waals surface area contributed by atoms with Crippen LogP contribution in [0.25, 0.3) is 10.9 Å². The van der Waals surface area contributed by atoms with Crippen molar-refractivity contribution in [1.82, 2.24) is 14.2 Å². The third-order valence-electron chi connectivity index (χ3n) is 4.75. The Morgan fingerprint density at radius 3 is 2.69 bits per heavy atom. The van der Waals surface area contributed by atoms with Gasteiger partial charge in [0.1, 0.15) is 4.90 Å². The first kappa shape index (κ1) is 17.6. The van der Waals surface area contributed by atoms with Gasteiger partial charge in [-0.2, -0.15) is 15.6 Å². The van der Waals surface area contributed by atoms with Crippen molar-refractivity contribution in [2.24, 2.45) is 0 Å². The number of para-hydroxylation sites is 1. The van der Waals surface area contributed by atoms with Crippen LogP contribution in [0.2, 0.25) is 0 Å². The van der Waals surface area contributed by atoms with Crippen molar-refractivity contribution < 1.29 is 8.42 Å². The molecule has 0 amide bonds. The van der Waals surface area contributed by atoms with Crippen molar-refractivity contribution in [3.63, 3.8) is 0 Å². The first-order chi connectivity index (χ1) is 12.5. The smallest absolute Gasteiger partial charge is 0.245 e. The number of pyridine rings is 1. The predicted molar refractivity (Wildman–Crippen MR) is 105 cm³/mol. The number of aryl methyl sites for hydroxylation is 1. The molecular formula is C19H21N3O2S2. The Morgan fingerprint density at radius 2 is 1.96 bits per heavy atom. The molecule has 0 bridgehead atoms. The number of nitrogens with zero attached hydrogens (tertiary/aromatic N) is 3. The fourth-order valence-electron chi connectivity index (χ4n) is 3.36. The van der Waals surface area contributed by atoms with Crippen LogP contribution < -0.4 is 0 Å². The third kappa shape index (κ3) is 3.40. The average molecular weight is 388 g/mol. The van der Waals surface area contributed by atoms with E-state index in [2.05, 4.69) is 26.7 Å². The molecule has 3 aromatic rings. The second kappa shape index (κ2) is 7.08. The van der Waals surface area contributed by atoms with Gasteiger partial charge in [-0.1, -0.05) is 12.1 Å². The maximum absolute atomic E-state index is 13.2. The fraction of sp³-hybridized carbons (Fsp3) is 0.316. The van der Waals surface area contributed by atoms with Crippen molar-refractivity contribution >= 4 is 32.3 Å². The minimum Gasteiger partial charge on any atom is -0.296 e. The molecule has 7 heteroatoms. The molecule has 1 saturated heterocycles. The lowest BCUT2D eigenvalue weighted by Crippen LogP contribution is -2.48. The van der Waals surface area contributed by atoms with Gasteiger partial charge in [-0.3, -0.25) is 9.88 Å². The number of sulfonamides is 1. The maximum Gasteiger partial charge on any atom is 0.245 e. The Kier molecular flexibility index (Phi) is 4.79. The van der Waals surface area contributed by atoms with Crippen LogP contribution in [0.3, 0.4) is 0 Å². The van der Waals surface area contributed by atoms with E-state index >= 15 is 0 Å². The van der Waals surface area contributed by atoms with Crippen LogP contribution in [-0.4, -0.2) is 48.8 Å². The summed E-state index contributed by atoms with van der Waals surface area (Å²) in [5, 5.41) is 5.08. The lowest BCUT2D eigenvalue weighted by molar-refractivity contribution is 0.182. The normalized spacial score (nSPS) is 17.0. The Bertz CT molecular complexity index is 1010. The SMILES string of the molecule is Cc1cnc2c(S(=O)(=O)N3CCN(Cc4ccsc4)CC3)cccc2c1. The van der Waals surface area contributed by atoms with Gasteiger partial charge in [0.25, 0.3) is 0 Å². The van der Waals surface area contributed by atoms with Crippen molar-refractivity contribution in [2.45, 2.75) is 18.4 Å². The van der Waals surface area contributed by atoms with Crippen molar-refractivity contribution in [2.75, 3.05) is 26.2 Å². The van der Waals surface area contributed by atoms with Gasteiger partial charge in [0.05, 0.1) is 5.52 Å². The summed E-state index contributed by atoms with van der Waals surface area (Å²) in [5.41, 5.74) is 2.87. The molecule has 0 N–H and O–H groups in total. The van der Waals surface area contributed by atoms with Gasteiger partial charge in [-0.25, -0.2) is 8.42 Å². The molecule has 0 unspecified atom stereocenters. The molecule has 4 rings (SSSR count). The van der Waals surface area contributed by atoms with E-state index in [1.54, 1.807) is 34.0 Å². The summed E-state index contributed by atoms with van der Waals surface area (Å²) in [7, 11) is -3.54. The predicted octanol–water partition coefficient (Wildman–Crippen LogP) is 3.11. The molecule has 136 valence electrons. The molecule has 1 fully saturated rings. The minimum atomic E-state index is -3.54. The first-order valence-corrected chi connectivity index (χ1v) is 11.0. The van der Waals surface area contributed by atoms with E-state index in [9.17, 15) is 8.42 Å². The summed E-state index contributed by atoms with van der Waals surface area (Å²) >= 11 is 1.69. The van der Waals surface area contributed by atoms with Gasteiger partial charge in [0.15, 0.2) is 0 Å². The summed E-state index contributed by atoms with van der Waals surface area (Å²) in [6.07, 6.45) is 1.72. The second-order valence-corrected chi connectivity index (χ2v) is 9.34. The molecule has 0 aliphatic carbocycles. The number of thiophene rings is 1. The second-order valence-electron chi connectivity index (χ2n) is 6.65. The van der Waals surface area contributed by atoms with Crippen molar-refractivity contribution in [3.05, 3.63) is 58.4 Å². The molecule has 0 atom stereocenters. The zero-order valence-electron chi connectivity index (χ0n) is 14.6. The van der Waals surface area contributed by atoms with E-state index in [0.717, 1.165) is 30.6 Å². The number of hydrogen-bond acceptors (Lipinski definition) is 5. The van der Waals surface area contributed by atoms with Crippen LogP contribution in [0.4, 0.5) is 0 Å².